The van der Waals surface area contributed by atoms with E-state index in [1.807, 2.05) is 6.92 Å². The number of anilines is 1. The van der Waals surface area contributed by atoms with Crippen molar-refractivity contribution in [1.82, 2.24) is 10.3 Å². The molecule has 0 spiro atoms. The van der Waals surface area contributed by atoms with Crippen molar-refractivity contribution in [2.75, 3.05) is 18.0 Å². The molecule has 1 aliphatic rings. The van der Waals surface area contributed by atoms with Crippen molar-refractivity contribution in [2.24, 2.45) is 0 Å². The second-order valence-electron chi connectivity index (χ2n) is 8.08. The highest BCUT2D eigenvalue weighted by Crippen LogP contribution is 2.38. The summed E-state index contributed by atoms with van der Waals surface area (Å²) < 4.78 is 68.9. The average Bonchev–Trinajstić information content (AvgIpc) is 2.67. The van der Waals surface area contributed by atoms with Crippen molar-refractivity contribution in [3.63, 3.8) is 0 Å². The number of halogens is 5. The number of nitrogens with zero attached hydrogens (tertiary/aromatic N) is 2. The van der Waals surface area contributed by atoms with Gasteiger partial charge < -0.3 is 10.2 Å². The zero-order valence-electron chi connectivity index (χ0n) is 19.1. The van der Waals surface area contributed by atoms with Gasteiger partial charge in [0, 0.05) is 31.6 Å². The highest BCUT2D eigenvalue weighted by atomic mass is 19.4. The van der Waals surface area contributed by atoms with Gasteiger partial charge in [-0.2, -0.15) is 13.2 Å². The van der Waals surface area contributed by atoms with Crippen LogP contribution in [0.3, 0.4) is 0 Å². The van der Waals surface area contributed by atoms with Crippen LogP contribution in [-0.2, 0) is 6.18 Å². The van der Waals surface area contributed by atoms with Gasteiger partial charge in [0.15, 0.2) is 0 Å². The first-order chi connectivity index (χ1) is 14.8. The number of aryl methyl sites for hydroxylation is 1. The minimum atomic E-state index is -4.71. The number of carbonyl (C=O) groups is 1. The number of hydrogen-bond donors (Lipinski definition) is 1. The first kappa shape index (κ1) is 25.8. The van der Waals surface area contributed by atoms with E-state index in [0.717, 1.165) is 12.0 Å². The van der Waals surface area contributed by atoms with E-state index >= 15 is 0 Å². The smallest absolute Gasteiger partial charge is 0.356 e. The molecule has 9 heteroatoms. The zero-order chi connectivity index (χ0) is 24.3. The third-order valence-electron chi connectivity index (χ3n) is 5.63. The molecule has 0 aromatic carbocycles. The summed E-state index contributed by atoms with van der Waals surface area (Å²) in [5.74, 6) is -3.67. The Morgan fingerprint density at radius 2 is 1.81 bits per heavy atom. The Kier molecular flexibility index (Phi) is 8.07. The van der Waals surface area contributed by atoms with Crippen LogP contribution >= 0.6 is 0 Å². The van der Waals surface area contributed by atoms with Crippen LogP contribution in [-0.4, -0.2) is 29.9 Å². The number of aromatic nitrogens is 1. The van der Waals surface area contributed by atoms with E-state index < -0.39 is 30.0 Å². The van der Waals surface area contributed by atoms with Crippen molar-refractivity contribution >= 4 is 11.7 Å². The Morgan fingerprint density at radius 3 is 2.34 bits per heavy atom. The third kappa shape index (κ3) is 6.07. The molecule has 1 aromatic heterocycles. The highest BCUT2D eigenvalue weighted by molar-refractivity contribution is 6.02. The quantitative estimate of drug-likeness (QED) is 0.462. The third-order valence-corrected chi connectivity index (χ3v) is 5.63. The van der Waals surface area contributed by atoms with Gasteiger partial charge in [0.05, 0.1) is 16.8 Å². The van der Waals surface area contributed by atoms with Crippen LogP contribution in [0.25, 0.3) is 0 Å². The average molecular weight is 460 g/mol. The molecule has 0 radical (unpaired) electrons. The molecule has 1 aliphatic carbocycles. The summed E-state index contributed by atoms with van der Waals surface area (Å²) in [4.78, 5) is 18.7. The van der Waals surface area contributed by atoms with Crippen molar-refractivity contribution in [1.29, 1.82) is 0 Å². The first-order valence-electron chi connectivity index (χ1n) is 10.7. The molecule has 0 bridgehead atoms. The van der Waals surface area contributed by atoms with Crippen LogP contribution < -0.4 is 10.2 Å². The summed E-state index contributed by atoms with van der Waals surface area (Å²) >= 11 is 0. The lowest BCUT2D eigenvalue weighted by molar-refractivity contribution is -0.138. The number of allylic oxidation sites excluding steroid dienone is 3. The summed E-state index contributed by atoms with van der Waals surface area (Å²) in [7, 11) is 0. The monoisotopic (exact) mass is 459 g/mol. The van der Waals surface area contributed by atoms with Crippen LogP contribution in [0.15, 0.2) is 23.4 Å². The van der Waals surface area contributed by atoms with E-state index in [2.05, 4.69) is 10.3 Å². The van der Waals surface area contributed by atoms with E-state index in [-0.39, 0.29) is 42.1 Å². The Morgan fingerprint density at radius 1 is 1.16 bits per heavy atom. The maximum absolute atomic E-state index is 13.9. The highest BCUT2D eigenvalue weighted by Gasteiger charge is 2.39. The molecule has 1 heterocycles. The van der Waals surface area contributed by atoms with Crippen LogP contribution in [0.5, 0.6) is 0 Å². The zero-order valence-corrected chi connectivity index (χ0v) is 19.1. The first-order valence-corrected chi connectivity index (χ1v) is 10.7. The van der Waals surface area contributed by atoms with Gasteiger partial charge in [-0.25, -0.2) is 13.8 Å². The van der Waals surface area contributed by atoms with Crippen LogP contribution in [0.1, 0.15) is 73.6 Å². The number of rotatable bonds is 8. The molecule has 0 saturated heterocycles. The van der Waals surface area contributed by atoms with Gasteiger partial charge in [-0.15, -0.1) is 0 Å². The molecule has 0 saturated carbocycles. The van der Waals surface area contributed by atoms with E-state index in [1.165, 1.54) is 25.7 Å². The van der Waals surface area contributed by atoms with Gasteiger partial charge in [0.25, 0.3) is 5.91 Å². The molecule has 0 unspecified atom stereocenters. The Balaban J connectivity index is 2.57. The molecule has 1 aromatic rings. The van der Waals surface area contributed by atoms with E-state index in [4.69, 9.17) is 0 Å². The van der Waals surface area contributed by atoms with Gasteiger partial charge >= 0.3 is 6.18 Å². The number of nitrogens with one attached hydrogen (secondary N) is 1. The van der Waals surface area contributed by atoms with Gasteiger partial charge in [-0.3, -0.25) is 4.79 Å². The number of alkyl halides is 5. The van der Waals surface area contributed by atoms with Gasteiger partial charge in [0.2, 0.25) is 5.92 Å². The molecule has 2 rings (SSSR count). The Hall–Kier alpha value is -2.45. The second kappa shape index (κ2) is 10.0. The summed E-state index contributed by atoms with van der Waals surface area (Å²) in [6.45, 7) is 7.46. The lowest BCUT2D eigenvalue weighted by Crippen LogP contribution is -2.34. The molecular formula is C23H30F5N3O. The summed E-state index contributed by atoms with van der Waals surface area (Å²) in [5, 5.41) is 2.67. The fraction of sp³-hybridized carbons (Fsp3) is 0.565. The van der Waals surface area contributed by atoms with Crippen LogP contribution in [0.4, 0.5) is 27.8 Å². The van der Waals surface area contributed by atoms with Crippen molar-refractivity contribution in [3.05, 3.63) is 45.8 Å². The number of amides is 1. The maximum Gasteiger partial charge on any atom is 0.418 e. The standard InChI is InChI=1S/C23H30F5N3O/c1-6-22(24,25)11-12-31(7-2)20-18(15(4)19(16(5)29-20)23(26,27)28)21(32)30-17-10-8-9-14(3)13-17/h10,13H,6-9,11-12H2,1-5H3,(H,30,32). The van der Waals surface area contributed by atoms with Crippen molar-refractivity contribution < 1.29 is 26.7 Å². The fourth-order valence-electron chi connectivity index (χ4n) is 3.77. The predicted octanol–water partition coefficient (Wildman–Crippen LogP) is 6.33. The number of carbonyl (C=O) groups excluding carboxylic acids is 1. The summed E-state index contributed by atoms with van der Waals surface area (Å²) in [5.41, 5.74) is -0.258. The molecule has 1 amide bonds. The SMILES string of the molecule is CCN(CCC(F)(F)CC)c1nc(C)c(C(F)(F)F)c(C)c1C(=O)NC1=CCCC(C)=C1. The minimum absolute atomic E-state index is 0.0167. The summed E-state index contributed by atoms with van der Waals surface area (Å²) in [6.07, 6.45) is -0.447. The molecule has 178 valence electrons. The van der Waals surface area contributed by atoms with Crippen molar-refractivity contribution in [3.8, 4) is 0 Å². The molecule has 0 atom stereocenters. The van der Waals surface area contributed by atoms with Crippen LogP contribution in [0.2, 0.25) is 0 Å². The van der Waals surface area contributed by atoms with Gasteiger partial charge in [-0.1, -0.05) is 18.6 Å². The lowest BCUT2D eigenvalue weighted by atomic mass is 9.99. The lowest BCUT2D eigenvalue weighted by Gasteiger charge is -2.29. The van der Waals surface area contributed by atoms with E-state index in [9.17, 15) is 26.7 Å². The molecule has 4 nitrogen and oxygen atoms in total. The van der Waals surface area contributed by atoms with Crippen LogP contribution in [0, 0.1) is 13.8 Å². The normalized spacial score (nSPS) is 14.7. The predicted molar refractivity (Wildman–Crippen MR) is 115 cm³/mol. The van der Waals surface area contributed by atoms with Gasteiger partial charge in [-0.05, 0) is 52.2 Å². The Bertz CT molecular complexity index is 919. The fourth-order valence-corrected chi connectivity index (χ4v) is 3.77. The van der Waals surface area contributed by atoms with Gasteiger partial charge in [0.1, 0.15) is 5.82 Å². The largest absolute Gasteiger partial charge is 0.418 e. The molecule has 0 fully saturated rings. The molecular weight excluding hydrogens is 429 g/mol. The second-order valence-corrected chi connectivity index (χ2v) is 8.08. The van der Waals surface area contributed by atoms with E-state index in [1.54, 1.807) is 19.1 Å². The number of pyridine rings is 1. The molecule has 32 heavy (non-hydrogen) atoms. The van der Waals surface area contributed by atoms with E-state index in [0.29, 0.717) is 12.1 Å². The minimum Gasteiger partial charge on any atom is -0.356 e. The summed E-state index contributed by atoms with van der Waals surface area (Å²) in [6, 6.07) is 0. The molecule has 1 N–H and O–H groups in total. The Labute approximate surface area is 185 Å². The maximum atomic E-state index is 13.9. The topological polar surface area (TPSA) is 45.2 Å². The number of hydrogen-bond acceptors (Lipinski definition) is 3. The molecule has 0 aliphatic heterocycles. The van der Waals surface area contributed by atoms with Crippen molar-refractivity contribution in [2.45, 2.75) is 72.4 Å².